The van der Waals surface area contributed by atoms with Crippen molar-refractivity contribution in [3.05, 3.63) is 11.8 Å². The first-order valence-corrected chi connectivity index (χ1v) is 3.67. The molecule has 1 aromatic rings. The number of halogens is 2. The molecule has 66 valence electrons. The number of anilines is 1. The van der Waals surface area contributed by atoms with Gasteiger partial charge in [0, 0.05) is 24.8 Å². The van der Waals surface area contributed by atoms with Crippen molar-refractivity contribution in [1.29, 1.82) is 0 Å². The van der Waals surface area contributed by atoms with Crippen LogP contribution in [0.25, 0.3) is 0 Å². The fraction of sp³-hybridized carbons (Fsp3) is 0.571. The van der Waals surface area contributed by atoms with Crippen molar-refractivity contribution < 1.29 is 13.3 Å². The lowest BCUT2D eigenvalue weighted by Gasteiger charge is -1.91. The Morgan fingerprint density at radius 3 is 2.83 bits per heavy atom. The SMILES string of the molecule is Nc1cc(CC2CC2(F)F)no1. The summed E-state index contributed by atoms with van der Waals surface area (Å²) in [5.41, 5.74) is 5.73. The van der Waals surface area contributed by atoms with Crippen molar-refractivity contribution in [3.8, 4) is 0 Å². The predicted molar refractivity (Wildman–Crippen MR) is 37.7 cm³/mol. The molecule has 1 unspecified atom stereocenters. The van der Waals surface area contributed by atoms with Crippen LogP contribution in [0.4, 0.5) is 14.7 Å². The fourth-order valence-corrected chi connectivity index (χ4v) is 1.17. The Balaban J connectivity index is 1.97. The van der Waals surface area contributed by atoms with E-state index in [9.17, 15) is 8.78 Å². The van der Waals surface area contributed by atoms with E-state index in [2.05, 4.69) is 9.68 Å². The highest BCUT2D eigenvalue weighted by molar-refractivity contribution is 5.25. The van der Waals surface area contributed by atoms with Gasteiger partial charge in [-0.2, -0.15) is 0 Å². The summed E-state index contributed by atoms with van der Waals surface area (Å²) in [5.74, 6) is -2.88. The van der Waals surface area contributed by atoms with Crippen LogP contribution in [0.3, 0.4) is 0 Å². The molecule has 3 nitrogen and oxygen atoms in total. The van der Waals surface area contributed by atoms with E-state index in [1.807, 2.05) is 0 Å². The third-order valence-corrected chi connectivity index (χ3v) is 1.99. The monoisotopic (exact) mass is 174 g/mol. The zero-order valence-electron chi connectivity index (χ0n) is 6.26. The minimum atomic E-state index is -2.49. The van der Waals surface area contributed by atoms with E-state index in [4.69, 9.17) is 5.73 Å². The second kappa shape index (κ2) is 2.18. The highest BCUT2D eigenvalue weighted by Crippen LogP contribution is 2.50. The zero-order chi connectivity index (χ0) is 8.77. The van der Waals surface area contributed by atoms with Gasteiger partial charge in [-0.15, -0.1) is 0 Å². The quantitative estimate of drug-likeness (QED) is 0.738. The van der Waals surface area contributed by atoms with Gasteiger partial charge in [-0.25, -0.2) is 8.78 Å². The fourth-order valence-electron chi connectivity index (χ4n) is 1.17. The van der Waals surface area contributed by atoms with Crippen molar-refractivity contribution in [2.75, 3.05) is 5.73 Å². The average Bonchev–Trinajstić information content (AvgIpc) is 2.41. The van der Waals surface area contributed by atoms with Crippen LogP contribution in [-0.4, -0.2) is 11.1 Å². The van der Waals surface area contributed by atoms with Gasteiger partial charge in [0.05, 0.1) is 5.69 Å². The number of alkyl halides is 2. The molecule has 0 aromatic carbocycles. The molecule has 12 heavy (non-hydrogen) atoms. The molecule has 0 bridgehead atoms. The van der Waals surface area contributed by atoms with Crippen molar-refractivity contribution in [3.63, 3.8) is 0 Å². The Labute approximate surface area is 67.5 Å². The van der Waals surface area contributed by atoms with Gasteiger partial charge in [0.15, 0.2) is 0 Å². The first-order chi connectivity index (χ1) is 5.58. The van der Waals surface area contributed by atoms with Crippen molar-refractivity contribution in [1.82, 2.24) is 5.16 Å². The molecule has 1 saturated carbocycles. The Hall–Kier alpha value is -1.13. The third-order valence-electron chi connectivity index (χ3n) is 1.99. The van der Waals surface area contributed by atoms with Gasteiger partial charge < -0.3 is 10.3 Å². The Morgan fingerprint density at radius 2 is 2.42 bits per heavy atom. The van der Waals surface area contributed by atoms with Gasteiger partial charge in [-0.05, 0) is 0 Å². The normalized spacial score (nSPS) is 25.7. The van der Waals surface area contributed by atoms with Gasteiger partial charge in [-0.3, -0.25) is 0 Å². The van der Waals surface area contributed by atoms with E-state index in [1.165, 1.54) is 6.07 Å². The van der Waals surface area contributed by atoms with Crippen molar-refractivity contribution >= 4 is 5.88 Å². The second-order valence-electron chi connectivity index (χ2n) is 3.09. The standard InChI is InChI=1S/C7H8F2N2O/c8-7(9)3-4(7)1-5-2-6(10)12-11-5/h2,4H,1,3,10H2. The van der Waals surface area contributed by atoms with E-state index in [0.29, 0.717) is 5.69 Å². The summed E-state index contributed by atoms with van der Waals surface area (Å²) in [4.78, 5) is 0. The van der Waals surface area contributed by atoms with Crippen LogP contribution in [-0.2, 0) is 6.42 Å². The topological polar surface area (TPSA) is 52.0 Å². The van der Waals surface area contributed by atoms with Gasteiger partial charge in [0.25, 0.3) is 5.92 Å². The smallest absolute Gasteiger partial charge is 0.252 e. The maximum atomic E-state index is 12.4. The number of nitrogens with two attached hydrogens (primary N) is 1. The lowest BCUT2D eigenvalue weighted by molar-refractivity contribution is 0.0985. The van der Waals surface area contributed by atoms with E-state index in [1.54, 1.807) is 0 Å². The molecule has 0 saturated heterocycles. The average molecular weight is 174 g/mol. The number of nitrogen functional groups attached to an aromatic ring is 1. The molecule has 2 N–H and O–H groups in total. The first kappa shape index (κ1) is 7.52. The number of hydrogen-bond acceptors (Lipinski definition) is 3. The Bertz CT molecular complexity index is 297. The predicted octanol–water partition coefficient (Wildman–Crippen LogP) is 1.45. The molecule has 0 spiro atoms. The molecule has 0 amide bonds. The number of aromatic nitrogens is 1. The summed E-state index contributed by atoms with van der Waals surface area (Å²) in [7, 11) is 0. The van der Waals surface area contributed by atoms with Gasteiger partial charge in [0.1, 0.15) is 0 Å². The second-order valence-corrected chi connectivity index (χ2v) is 3.09. The Morgan fingerprint density at radius 1 is 1.75 bits per heavy atom. The van der Waals surface area contributed by atoms with Crippen LogP contribution in [0.1, 0.15) is 12.1 Å². The van der Waals surface area contributed by atoms with E-state index in [-0.39, 0.29) is 18.7 Å². The minimum absolute atomic E-state index is 0.0419. The molecule has 0 aliphatic heterocycles. The number of rotatable bonds is 2. The van der Waals surface area contributed by atoms with Crippen LogP contribution in [0.15, 0.2) is 10.6 Å². The van der Waals surface area contributed by atoms with Crippen molar-refractivity contribution in [2.24, 2.45) is 5.92 Å². The maximum Gasteiger partial charge on any atom is 0.252 e. The number of nitrogens with zero attached hydrogens (tertiary/aromatic N) is 1. The highest BCUT2D eigenvalue weighted by Gasteiger charge is 2.56. The summed E-state index contributed by atoms with van der Waals surface area (Å²) in [6, 6.07) is 1.48. The molecule has 1 fully saturated rings. The van der Waals surface area contributed by atoms with Crippen LogP contribution in [0, 0.1) is 5.92 Å². The van der Waals surface area contributed by atoms with Crippen LogP contribution in [0.5, 0.6) is 0 Å². The van der Waals surface area contributed by atoms with Gasteiger partial charge in [-0.1, -0.05) is 5.16 Å². The Kier molecular flexibility index (Phi) is 1.37. The van der Waals surface area contributed by atoms with Crippen LogP contribution < -0.4 is 5.73 Å². The molecule has 1 atom stereocenters. The highest BCUT2D eigenvalue weighted by atomic mass is 19.3. The van der Waals surface area contributed by atoms with E-state index < -0.39 is 11.8 Å². The molecular weight excluding hydrogens is 166 g/mol. The molecule has 0 radical (unpaired) electrons. The largest absolute Gasteiger partial charge is 0.368 e. The summed E-state index contributed by atoms with van der Waals surface area (Å²) in [6.45, 7) is 0. The first-order valence-electron chi connectivity index (χ1n) is 3.67. The molecule has 5 heteroatoms. The van der Waals surface area contributed by atoms with Crippen LogP contribution >= 0.6 is 0 Å². The van der Waals surface area contributed by atoms with Crippen LogP contribution in [0.2, 0.25) is 0 Å². The molecule has 1 aromatic heterocycles. The summed E-state index contributed by atoms with van der Waals surface area (Å²) in [5, 5.41) is 3.53. The van der Waals surface area contributed by atoms with Gasteiger partial charge in [0.2, 0.25) is 5.88 Å². The summed E-state index contributed by atoms with van der Waals surface area (Å²) < 4.78 is 29.3. The lowest BCUT2D eigenvalue weighted by Crippen LogP contribution is -1.97. The molecular formula is C7H8F2N2O. The minimum Gasteiger partial charge on any atom is -0.368 e. The van der Waals surface area contributed by atoms with Gasteiger partial charge >= 0.3 is 0 Å². The summed E-state index contributed by atoms with van der Waals surface area (Å²) >= 11 is 0. The molecule has 1 aliphatic carbocycles. The number of hydrogen-bond donors (Lipinski definition) is 1. The zero-order valence-corrected chi connectivity index (χ0v) is 6.26. The van der Waals surface area contributed by atoms with E-state index in [0.717, 1.165) is 0 Å². The molecule has 1 aliphatic rings. The van der Waals surface area contributed by atoms with E-state index >= 15 is 0 Å². The summed E-state index contributed by atoms with van der Waals surface area (Å²) in [6.07, 6.45) is 0.216. The lowest BCUT2D eigenvalue weighted by atomic mass is 10.2. The molecule has 2 rings (SSSR count). The third kappa shape index (κ3) is 1.26. The maximum absolute atomic E-state index is 12.4. The van der Waals surface area contributed by atoms with Crippen molar-refractivity contribution in [2.45, 2.75) is 18.8 Å². The molecule has 1 heterocycles.